The van der Waals surface area contributed by atoms with Gasteiger partial charge in [0.15, 0.2) is 0 Å². The first-order chi connectivity index (χ1) is 16.4. The molecule has 1 atom stereocenters. The Morgan fingerprint density at radius 2 is 1.62 bits per heavy atom. The first-order valence-corrected chi connectivity index (χ1v) is 11.6. The molecule has 0 heterocycles. The minimum Gasteiger partial charge on any atom is -0.478 e. The number of anilines is 1. The van der Waals surface area contributed by atoms with Crippen LogP contribution in [0, 0.1) is 0 Å². The van der Waals surface area contributed by atoms with Gasteiger partial charge in [0.2, 0.25) is 5.91 Å². The Bertz CT molecular complexity index is 1210. The number of carbonyl (C=O) groups excluding carboxylic acids is 2. The Balaban J connectivity index is 1.39. The maximum absolute atomic E-state index is 12.7. The molecule has 174 valence electrons. The highest BCUT2D eigenvalue weighted by molar-refractivity contribution is 9.10. The van der Waals surface area contributed by atoms with Crippen molar-refractivity contribution in [1.29, 1.82) is 0 Å². The second-order valence-corrected chi connectivity index (χ2v) is 8.77. The molecular formula is C26H23BrN2O5. The summed E-state index contributed by atoms with van der Waals surface area (Å²) in [7, 11) is 0. The van der Waals surface area contributed by atoms with Crippen LogP contribution in [0.5, 0.6) is 0 Å². The number of benzene rings is 3. The van der Waals surface area contributed by atoms with E-state index in [0.29, 0.717) is 16.6 Å². The molecule has 3 aromatic rings. The fourth-order valence-electron chi connectivity index (χ4n) is 4.13. The number of halogens is 1. The van der Waals surface area contributed by atoms with Crippen LogP contribution < -0.4 is 10.6 Å². The van der Waals surface area contributed by atoms with Gasteiger partial charge in [-0.15, -0.1) is 0 Å². The van der Waals surface area contributed by atoms with Crippen molar-refractivity contribution in [1.82, 2.24) is 5.32 Å². The Kier molecular flexibility index (Phi) is 6.98. The van der Waals surface area contributed by atoms with Crippen LogP contribution in [0.4, 0.5) is 10.5 Å². The number of rotatable bonds is 7. The summed E-state index contributed by atoms with van der Waals surface area (Å²) < 4.78 is 5.93. The van der Waals surface area contributed by atoms with Crippen LogP contribution in [0.1, 0.15) is 40.7 Å². The summed E-state index contributed by atoms with van der Waals surface area (Å²) in [4.78, 5) is 36.5. The van der Waals surface area contributed by atoms with E-state index in [2.05, 4.69) is 38.7 Å². The van der Waals surface area contributed by atoms with E-state index < -0.39 is 24.0 Å². The van der Waals surface area contributed by atoms with E-state index in [9.17, 15) is 19.5 Å². The first-order valence-electron chi connectivity index (χ1n) is 10.8. The number of carbonyl (C=O) groups is 3. The van der Waals surface area contributed by atoms with Gasteiger partial charge in [0, 0.05) is 16.1 Å². The van der Waals surface area contributed by atoms with Crippen LogP contribution in [-0.2, 0) is 9.53 Å². The van der Waals surface area contributed by atoms with Gasteiger partial charge < -0.3 is 20.5 Å². The average Bonchev–Trinajstić information content (AvgIpc) is 3.16. The third kappa shape index (κ3) is 4.82. The smallest absolute Gasteiger partial charge is 0.407 e. The summed E-state index contributed by atoms with van der Waals surface area (Å²) in [5.74, 6) is -1.66. The number of alkyl carbamates (subject to hydrolysis) is 1. The number of hydrogen-bond donors (Lipinski definition) is 3. The van der Waals surface area contributed by atoms with Crippen molar-refractivity contribution in [3.8, 4) is 11.1 Å². The lowest BCUT2D eigenvalue weighted by molar-refractivity contribution is -0.118. The molecule has 8 heteroatoms. The molecule has 0 aliphatic heterocycles. The van der Waals surface area contributed by atoms with Crippen LogP contribution in [0.2, 0.25) is 0 Å². The van der Waals surface area contributed by atoms with Crippen molar-refractivity contribution in [3.05, 3.63) is 87.9 Å². The molecule has 3 aromatic carbocycles. The van der Waals surface area contributed by atoms with Crippen LogP contribution in [-0.4, -0.2) is 35.7 Å². The van der Waals surface area contributed by atoms with E-state index in [1.807, 2.05) is 36.4 Å². The monoisotopic (exact) mass is 522 g/mol. The normalized spacial score (nSPS) is 12.9. The molecular weight excluding hydrogens is 500 g/mol. The van der Waals surface area contributed by atoms with Crippen molar-refractivity contribution >= 4 is 39.6 Å². The quantitative estimate of drug-likeness (QED) is 0.385. The fourth-order valence-corrected chi connectivity index (χ4v) is 4.55. The van der Waals surface area contributed by atoms with Gasteiger partial charge >= 0.3 is 12.1 Å². The molecule has 1 aliphatic rings. The summed E-state index contributed by atoms with van der Waals surface area (Å²) in [6.45, 7) is 1.91. The summed E-state index contributed by atoms with van der Waals surface area (Å²) in [5, 5.41) is 14.5. The van der Waals surface area contributed by atoms with Crippen molar-refractivity contribution in [2.24, 2.45) is 0 Å². The first kappa shape index (κ1) is 23.5. The van der Waals surface area contributed by atoms with Gasteiger partial charge in [0.1, 0.15) is 12.6 Å². The maximum Gasteiger partial charge on any atom is 0.407 e. The number of carboxylic acids is 1. The number of carboxylic acid groups (broad SMARTS) is 1. The second-order valence-electron chi connectivity index (χ2n) is 7.92. The van der Waals surface area contributed by atoms with Gasteiger partial charge in [-0.1, -0.05) is 55.5 Å². The lowest BCUT2D eigenvalue weighted by Gasteiger charge is -2.19. The minimum atomic E-state index is -1.12. The molecule has 1 unspecified atom stereocenters. The summed E-state index contributed by atoms with van der Waals surface area (Å²) in [6, 6.07) is 19.7. The highest BCUT2D eigenvalue weighted by atomic mass is 79.9. The van der Waals surface area contributed by atoms with Crippen molar-refractivity contribution < 1.29 is 24.2 Å². The molecule has 0 bridgehead atoms. The standard InChI is InChI=1S/C26H23BrN2O5/c1-2-23(24(30)28-15-11-12-22(27)20(13-15)25(31)32)29-26(33)34-14-21-18-9-5-3-7-16(18)17-8-4-6-10-19(17)21/h3-13,21,23H,2,14H2,1H3,(H,28,30)(H,29,33)(H,31,32). The maximum atomic E-state index is 12.7. The lowest BCUT2D eigenvalue weighted by atomic mass is 9.98. The third-order valence-electron chi connectivity index (χ3n) is 5.82. The number of fused-ring (bicyclic) bond motifs is 3. The average molecular weight is 523 g/mol. The molecule has 0 aromatic heterocycles. The van der Waals surface area contributed by atoms with E-state index in [1.54, 1.807) is 19.1 Å². The van der Waals surface area contributed by atoms with Gasteiger partial charge in [-0.25, -0.2) is 9.59 Å². The summed E-state index contributed by atoms with van der Waals surface area (Å²) >= 11 is 3.17. The number of ether oxygens (including phenoxy) is 1. The number of hydrogen-bond acceptors (Lipinski definition) is 4. The SMILES string of the molecule is CCC(NC(=O)OCC1c2ccccc2-c2ccccc21)C(=O)Nc1ccc(Br)c(C(=O)O)c1. The highest BCUT2D eigenvalue weighted by Crippen LogP contribution is 2.44. The van der Waals surface area contributed by atoms with Crippen LogP contribution in [0.15, 0.2) is 71.2 Å². The molecule has 3 N–H and O–H groups in total. The molecule has 4 rings (SSSR count). The lowest BCUT2D eigenvalue weighted by Crippen LogP contribution is -2.43. The van der Waals surface area contributed by atoms with E-state index in [4.69, 9.17) is 4.74 Å². The van der Waals surface area contributed by atoms with Crippen molar-refractivity contribution in [3.63, 3.8) is 0 Å². The molecule has 0 spiro atoms. The molecule has 7 nitrogen and oxygen atoms in total. The highest BCUT2D eigenvalue weighted by Gasteiger charge is 2.29. The molecule has 1 aliphatic carbocycles. The van der Waals surface area contributed by atoms with E-state index in [1.165, 1.54) is 6.07 Å². The van der Waals surface area contributed by atoms with Gasteiger partial charge in [0.05, 0.1) is 5.56 Å². The fraction of sp³-hybridized carbons (Fsp3) is 0.192. The number of aromatic carboxylic acids is 1. The second kappa shape index (κ2) is 10.1. The molecule has 0 saturated carbocycles. The Hall–Kier alpha value is -3.65. The van der Waals surface area contributed by atoms with E-state index in [-0.39, 0.29) is 18.1 Å². The predicted molar refractivity (Wildman–Crippen MR) is 132 cm³/mol. The zero-order valence-corrected chi connectivity index (χ0v) is 20.0. The zero-order chi connectivity index (χ0) is 24.2. The topological polar surface area (TPSA) is 105 Å². The van der Waals surface area contributed by atoms with Crippen LogP contribution >= 0.6 is 15.9 Å². The minimum absolute atomic E-state index is 0.0235. The predicted octanol–water partition coefficient (Wildman–Crippen LogP) is 5.40. The zero-order valence-electron chi connectivity index (χ0n) is 18.4. The molecule has 2 amide bonds. The molecule has 0 radical (unpaired) electrons. The summed E-state index contributed by atoms with van der Waals surface area (Å²) in [6.07, 6.45) is -0.357. The summed E-state index contributed by atoms with van der Waals surface area (Å²) in [5.41, 5.74) is 4.81. The Morgan fingerprint density at radius 3 is 2.21 bits per heavy atom. The van der Waals surface area contributed by atoms with Crippen molar-refractivity contribution in [2.45, 2.75) is 25.3 Å². The van der Waals surface area contributed by atoms with E-state index in [0.717, 1.165) is 22.3 Å². The van der Waals surface area contributed by atoms with Gasteiger partial charge in [0.25, 0.3) is 0 Å². The number of nitrogens with one attached hydrogen (secondary N) is 2. The Labute approximate surface area is 205 Å². The third-order valence-corrected chi connectivity index (χ3v) is 6.52. The van der Waals surface area contributed by atoms with Gasteiger partial charge in [-0.2, -0.15) is 0 Å². The van der Waals surface area contributed by atoms with Crippen LogP contribution in [0.25, 0.3) is 11.1 Å². The number of amides is 2. The van der Waals surface area contributed by atoms with Gasteiger partial charge in [-0.3, -0.25) is 4.79 Å². The molecule has 0 fully saturated rings. The molecule has 34 heavy (non-hydrogen) atoms. The molecule has 0 saturated heterocycles. The van der Waals surface area contributed by atoms with Crippen LogP contribution in [0.3, 0.4) is 0 Å². The van der Waals surface area contributed by atoms with Gasteiger partial charge in [-0.05, 0) is 62.8 Å². The largest absolute Gasteiger partial charge is 0.478 e. The Morgan fingerprint density at radius 1 is 1.00 bits per heavy atom. The van der Waals surface area contributed by atoms with E-state index >= 15 is 0 Å². The van der Waals surface area contributed by atoms with Crippen molar-refractivity contribution in [2.75, 3.05) is 11.9 Å².